The largest absolute Gasteiger partial charge is 0.457 e. The van der Waals surface area contributed by atoms with Crippen molar-refractivity contribution >= 4 is 29.7 Å². The zero-order chi connectivity index (χ0) is 27.9. The molecule has 37 heavy (non-hydrogen) atoms. The Bertz CT molecular complexity index is 1230. The van der Waals surface area contributed by atoms with Crippen LogP contribution in [0.3, 0.4) is 0 Å². The van der Waals surface area contributed by atoms with Crippen molar-refractivity contribution in [3.8, 4) is 16.9 Å². The van der Waals surface area contributed by atoms with E-state index in [4.69, 9.17) is 19.9 Å². The van der Waals surface area contributed by atoms with Crippen molar-refractivity contribution in [2.75, 3.05) is 12.0 Å². The first-order valence-electron chi connectivity index (χ1n) is 11.4. The topological polar surface area (TPSA) is 143 Å². The molecule has 0 aliphatic carbocycles. The van der Waals surface area contributed by atoms with E-state index in [0.717, 1.165) is 0 Å². The van der Waals surface area contributed by atoms with Crippen molar-refractivity contribution < 1.29 is 38.1 Å². The van der Waals surface area contributed by atoms with Crippen molar-refractivity contribution in [2.45, 2.75) is 53.8 Å². The van der Waals surface area contributed by atoms with Crippen molar-refractivity contribution in [1.82, 2.24) is 0 Å². The maximum absolute atomic E-state index is 12.4. The maximum atomic E-state index is 12.4. The summed E-state index contributed by atoms with van der Waals surface area (Å²) in [6, 6.07) is 8.78. The summed E-state index contributed by atoms with van der Waals surface area (Å²) in [5.74, 6) is -2.17. The van der Waals surface area contributed by atoms with Crippen molar-refractivity contribution in [3.63, 3.8) is 0 Å². The van der Waals surface area contributed by atoms with Crippen LogP contribution in [0, 0.1) is 13.8 Å². The van der Waals surface area contributed by atoms with E-state index in [0.29, 0.717) is 33.5 Å². The molecule has 0 unspecified atom stereocenters. The molecule has 1 amide bonds. The zero-order valence-electron chi connectivity index (χ0n) is 21.9. The zero-order valence-corrected chi connectivity index (χ0v) is 21.9. The summed E-state index contributed by atoms with van der Waals surface area (Å²) in [7, 11) is 0. The van der Waals surface area contributed by atoms with Crippen molar-refractivity contribution in [3.05, 3.63) is 59.2 Å². The standard InChI is InChI=1S/C27H32N2O8/c1-15-11-21(23(36-18(4)30)16(2)22(15)29-26(33)37-27(5,6)7)20-10-8-9-19(12-20)13-34-24(31)17(3)25(32)35-14-28/h8-12H,3,13-14,28H2,1-2,4-7H3,(H,29,33). The van der Waals surface area contributed by atoms with Crippen LogP contribution in [0.1, 0.15) is 44.4 Å². The molecule has 10 nitrogen and oxygen atoms in total. The van der Waals surface area contributed by atoms with E-state index in [2.05, 4.69) is 16.6 Å². The van der Waals surface area contributed by atoms with Gasteiger partial charge in [0.05, 0.1) is 5.69 Å². The number of carbonyl (C=O) groups excluding carboxylic acids is 4. The molecule has 2 rings (SSSR count). The van der Waals surface area contributed by atoms with Crippen LogP contribution in [0.2, 0.25) is 0 Å². The van der Waals surface area contributed by atoms with Crippen LogP contribution < -0.4 is 15.8 Å². The highest BCUT2D eigenvalue weighted by Gasteiger charge is 2.22. The molecule has 0 fully saturated rings. The fourth-order valence-electron chi connectivity index (χ4n) is 3.36. The number of carbonyl (C=O) groups is 4. The third-order valence-electron chi connectivity index (χ3n) is 4.90. The summed E-state index contributed by atoms with van der Waals surface area (Å²) in [5.41, 5.74) is 7.52. The second-order valence-electron chi connectivity index (χ2n) is 9.14. The lowest BCUT2D eigenvalue weighted by Crippen LogP contribution is -2.27. The summed E-state index contributed by atoms with van der Waals surface area (Å²) in [6.07, 6.45) is -0.638. The molecule has 0 aliphatic rings. The van der Waals surface area contributed by atoms with E-state index in [9.17, 15) is 19.2 Å². The van der Waals surface area contributed by atoms with Crippen molar-refractivity contribution in [1.29, 1.82) is 0 Å². The Hall–Kier alpha value is -4.18. The average Bonchev–Trinajstić information content (AvgIpc) is 2.80. The number of rotatable bonds is 8. The molecule has 0 spiro atoms. The molecule has 3 N–H and O–H groups in total. The highest BCUT2D eigenvalue weighted by atomic mass is 16.6. The number of hydrogen-bond acceptors (Lipinski definition) is 9. The Morgan fingerprint density at radius 1 is 1.03 bits per heavy atom. The van der Waals surface area contributed by atoms with Crippen LogP contribution in [-0.2, 0) is 35.2 Å². The molecule has 2 aromatic rings. The number of esters is 3. The first-order valence-corrected chi connectivity index (χ1v) is 11.4. The van der Waals surface area contributed by atoms with E-state index in [-0.39, 0.29) is 19.1 Å². The predicted octanol–water partition coefficient (Wildman–Crippen LogP) is 4.30. The lowest BCUT2D eigenvalue weighted by atomic mass is 9.96. The summed E-state index contributed by atoms with van der Waals surface area (Å²) in [5, 5.41) is 2.74. The van der Waals surface area contributed by atoms with Gasteiger partial charge in [-0.05, 0) is 63.4 Å². The van der Waals surface area contributed by atoms with Crippen LogP contribution in [0.4, 0.5) is 10.5 Å². The number of ether oxygens (including phenoxy) is 4. The third-order valence-corrected chi connectivity index (χ3v) is 4.90. The first-order chi connectivity index (χ1) is 17.2. The van der Waals surface area contributed by atoms with E-state index in [1.807, 2.05) is 0 Å². The minimum absolute atomic E-state index is 0.152. The molecular formula is C27H32N2O8. The molecular weight excluding hydrogens is 480 g/mol. The van der Waals surface area contributed by atoms with Gasteiger partial charge in [-0.25, -0.2) is 14.4 Å². The van der Waals surface area contributed by atoms with Gasteiger partial charge >= 0.3 is 24.0 Å². The maximum Gasteiger partial charge on any atom is 0.412 e. The van der Waals surface area contributed by atoms with E-state index in [1.54, 1.807) is 65.0 Å². The fraction of sp³-hybridized carbons (Fsp3) is 0.333. The Morgan fingerprint density at radius 2 is 1.68 bits per heavy atom. The number of aryl methyl sites for hydroxylation is 1. The van der Waals surface area contributed by atoms with Crippen LogP contribution >= 0.6 is 0 Å². The van der Waals surface area contributed by atoms with Gasteiger partial charge in [0.2, 0.25) is 0 Å². The second kappa shape index (κ2) is 12.2. The van der Waals surface area contributed by atoms with Gasteiger partial charge in [0.1, 0.15) is 30.3 Å². The van der Waals surface area contributed by atoms with Gasteiger partial charge in [0.25, 0.3) is 0 Å². The Labute approximate surface area is 215 Å². The molecule has 0 aliphatic heterocycles. The number of nitrogens with two attached hydrogens (primary N) is 1. The number of hydrogen-bond donors (Lipinski definition) is 2. The van der Waals surface area contributed by atoms with Crippen LogP contribution in [-0.4, -0.2) is 36.3 Å². The highest BCUT2D eigenvalue weighted by molar-refractivity contribution is 6.13. The van der Waals surface area contributed by atoms with Crippen LogP contribution in [0.5, 0.6) is 5.75 Å². The molecule has 0 radical (unpaired) electrons. The summed E-state index contributed by atoms with van der Waals surface area (Å²) < 4.78 is 20.6. The van der Waals surface area contributed by atoms with E-state index >= 15 is 0 Å². The Balaban J connectivity index is 2.39. The first kappa shape index (κ1) is 29.1. The molecule has 0 saturated heterocycles. The van der Waals surface area contributed by atoms with Gasteiger partial charge in [0, 0.05) is 18.1 Å². The molecule has 0 atom stereocenters. The minimum Gasteiger partial charge on any atom is -0.457 e. The average molecular weight is 513 g/mol. The molecule has 0 bridgehead atoms. The SMILES string of the molecule is C=C(C(=O)OCN)C(=O)OCc1cccc(-c2cc(C)c(NC(=O)OC(C)(C)C)c(C)c2OC(C)=O)c1. The molecule has 0 aromatic heterocycles. The van der Waals surface area contributed by atoms with Crippen LogP contribution in [0.15, 0.2) is 42.5 Å². The highest BCUT2D eigenvalue weighted by Crippen LogP contribution is 2.40. The van der Waals surface area contributed by atoms with E-state index < -0.39 is 35.2 Å². The molecule has 0 saturated carbocycles. The number of anilines is 1. The third kappa shape index (κ3) is 8.18. The summed E-state index contributed by atoms with van der Waals surface area (Å²) in [4.78, 5) is 48.0. The van der Waals surface area contributed by atoms with Gasteiger partial charge in [0.15, 0.2) is 0 Å². The fourth-order valence-corrected chi connectivity index (χ4v) is 3.36. The lowest BCUT2D eigenvalue weighted by molar-refractivity contribution is -0.147. The minimum atomic E-state index is -0.960. The predicted molar refractivity (Wildman–Crippen MR) is 137 cm³/mol. The summed E-state index contributed by atoms with van der Waals surface area (Å²) in [6.45, 7) is 12.9. The van der Waals surface area contributed by atoms with Gasteiger partial charge in [-0.2, -0.15) is 0 Å². The quantitative estimate of drug-likeness (QED) is 0.101. The normalized spacial score (nSPS) is 10.8. The van der Waals surface area contributed by atoms with Crippen LogP contribution in [0.25, 0.3) is 11.1 Å². The van der Waals surface area contributed by atoms with Gasteiger partial charge < -0.3 is 18.9 Å². The van der Waals surface area contributed by atoms with Gasteiger partial charge in [-0.15, -0.1) is 0 Å². The Morgan fingerprint density at radius 3 is 2.27 bits per heavy atom. The molecule has 0 heterocycles. The van der Waals surface area contributed by atoms with E-state index in [1.165, 1.54) is 6.92 Å². The monoisotopic (exact) mass is 512 g/mol. The summed E-state index contributed by atoms with van der Waals surface area (Å²) >= 11 is 0. The molecule has 198 valence electrons. The molecule has 10 heteroatoms. The lowest BCUT2D eigenvalue weighted by Gasteiger charge is -2.22. The van der Waals surface area contributed by atoms with Crippen molar-refractivity contribution in [2.24, 2.45) is 5.73 Å². The van der Waals surface area contributed by atoms with Gasteiger partial charge in [-0.3, -0.25) is 15.8 Å². The van der Waals surface area contributed by atoms with Gasteiger partial charge in [-0.1, -0.05) is 24.8 Å². The second-order valence-corrected chi connectivity index (χ2v) is 9.14. The Kier molecular flexibility index (Phi) is 9.56. The number of amides is 1. The number of benzene rings is 2. The number of nitrogens with one attached hydrogen (secondary N) is 1. The molecule has 2 aromatic carbocycles. The smallest absolute Gasteiger partial charge is 0.412 e.